The van der Waals surface area contributed by atoms with Crippen molar-refractivity contribution in [1.82, 2.24) is 9.97 Å². The molecule has 2 aromatic carbocycles. The van der Waals surface area contributed by atoms with Crippen molar-refractivity contribution in [2.24, 2.45) is 0 Å². The van der Waals surface area contributed by atoms with Crippen molar-refractivity contribution in [3.8, 4) is 10.6 Å². The number of carbonyl (C=O) groups excluding carboxylic acids is 1. The van der Waals surface area contributed by atoms with Crippen LogP contribution >= 0.6 is 11.3 Å². The number of fused-ring (bicyclic) bond motifs is 1. The highest BCUT2D eigenvalue weighted by atomic mass is 32.1. The minimum absolute atomic E-state index is 0.276. The summed E-state index contributed by atoms with van der Waals surface area (Å²) in [7, 11) is 0. The molecule has 0 atom stereocenters. The number of aromatic nitrogens is 2. The number of pyridine rings is 1. The van der Waals surface area contributed by atoms with Crippen LogP contribution < -0.4 is 10.6 Å². The van der Waals surface area contributed by atoms with Gasteiger partial charge in [-0.05, 0) is 42.8 Å². The number of carbonyl (C=O) groups is 1. The number of rotatable bonds is 3. The second-order valence-corrected chi connectivity index (χ2v) is 6.80. The fourth-order valence-electron chi connectivity index (χ4n) is 2.62. The van der Waals surface area contributed by atoms with Gasteiger partial charge in [0.1, 0.15) is 15.4 Å². The van der Waals surface area contributed by atoms with E-state index >= 15 is 0 Å². The number of nitrogens with one attached hydrogen (secondary N) is 2. The van der Waals surface area contributed by atoms with Crippen molar-refractivity contribution in [2.45, 2.75) is 6.92 Å². The maximum atomic E-state index is 12.3. The molecule has 0 aliphatic heterocycles. The Morgan fingerprint density at radius 1 is 1.00 bits per heavy atom. The number of anilines is 2. The molecular weight excluding hydrogens is 344 g/mol. The first kappa shape index (κ1) is 16.2. The van der Waals surface area contributed by atoms with Crippen LogP contribution in [0.5, 0.6) is 0 Å². The van der Waals surface area contributed by atoms with E-state index < -0.39 is 0 Å². The highest BCUT2D eigenvalue weighted by Crippen LogP contribution is 2.30. The van der Waals surface area contributed by atoms with Crippen molar-refractivity contribution in [1.29, 1.82) is 0 Å². The van der Waals surface area contributed by atoms with Crippen LogP contribution in [0.4, 0.5) is 16.2 Å². The summed E-state index contributed by atoms with van der Waals surface area (Å²) in [6.07, 6.45) is 1.76. The molecule has 2 amide bonds. The molecule has 0 fully saturated rings. The summed E-state index contributed by atoms with van der Waals surface area (Å²) in [5, 5.41) is 6.62. The second-order valence-electron chi connectivity index (χ2n) is 5.82. The quantitative estimate of drug-likeness (QED) is 0.520. The van der Waals surface area contributed by atoms with Gasteiger partial charge in [0.05, 0.1) is 0 Å². The van der Waals surface area contributed by atoms with Crippen molar-refractivity contribution < 1.29 is 4.79 Å². The van der Waals surface area contributed by atoms with E-state index in [4.69, 9.17) is 0 Å². The topological polar surface area (TPSA) is 66.9 Å². The summed E-state index contributed by atoms with van der Waals surface area (Å²) in [6, 6.07) is 18.8. The number of thiazole rings is 1. The Balaban J connectivity index is 1.54. The number of benzene rings is 2. The highest BCUT2D eigenvalue weighted by Gasteiger charge is 2.09. The summed E-state index contributed by atoms with van der Waals surface area (Å²) < 4.78 is 0. The lowest BCUT2D eigenvalue weighted by Gasteiger charge is -2.10. The second kappa shape index (κ2) is 6.93. The summed E-state index contributed by atoms with van der Waals surface area (Å²) in [4.78, 5) is 22.1. The molecule has 2 heterocycles. The zero-order valence-corrected chi connectivity index (χ0v) is 14.9. The van der Waals surface area contributed by atoms with Crippen LogP contribution in [0.3, 0.4) is 0 Å². The summed E-state index contributed by atoms with van der Waals surface area (Å²) in [6.45, 7) is 1.96. The molecule has 0 spiro atoms. The predicted octanol–water partition coefficient (Wildman–Crippen LogP) is 5.31. The molecule has 0 aliphatic rings. The Morgan fingerprint density at radius 3 is 2.73 bits per heavy atom. The van der Waals surface area contributed by atoms with E-state index in [0.717, 1.165) is 32.2 Å². The molecule has 0 radical (unpaired) electrons. The van der Waals surface area contributed by atoms with Crippen molar-refractivity contribution >= 4 is 39.1 Å². The standard InChI is InChI=1S/C20H16N4OS/c1-13-6-2-3-9-16(13)24-20(25)22-15-8-4-7-14(12-15)18-23-17-10-5-11-21-19(17)26-18/h2-12H,1H3,(H2,22,24,25). The van der Waals surface area contributed by atoms with E-state index in [1.807, 2.05) is 67.6 Å². The lowest BCUT2D eigenvalue weighted by Crippen LogP contribution is -2.19. The molecule has 0 bridgehead atoms. The number of urea groups is 1. The monoisotopic (exact) mass is 360 g/mol. The largest absolute Gasteiger partial charge is 0.323 e. The van der Waals surface area contributed by atoms with E-state index in [0.29, 0.717) is 5.69 Å². The van der Waals surface area contributed by atoms with Crippen molar-refractivity contribution in [3.63, 3.8) is 0 Å². The molecule has 0 saturated carbocycles. The highest BCUT2D eigenvalue weighted by molar-refractivity contribution is 7.21. The SMILES string of the molecule is Cc1ccccc1NC(=O)Nc1cccc(-c2nc3cccnc3s2)c1. The zero-order valence-electron chi connectivity index (χ0n) is 14.1. The Kier molecular flexibility index (Phi) is 4.33. The van der Waals surface area contributed by atoms with Crippen LogP contribution in [0.2, 0.25) is 0 Å². The van der Waals surface area contributed by atoms with Gasteiger partial charge >= 0.3 is 6.03 Å². The van der Waals surface area contributed by atoms with Gasteiger partial charge in [0, 0.05) is 23.1 Å². The average Bonchev–Trinajstić information content (AvgIpc) is 3.08. The number of amides is 2. The van der Waals surface area contributed by atoms with Crippen LogP contribution in [0, 0.1) is 6.92 Å². The number of hydrogen-bond acceptors (Lipinski definition) is 4. The minimum atomic E-state index is -0.276. The number of para-hydroxylation sites is 1. The molecule has 0 unspecified atom stereocenters. The van der Waals surface area contributed by atoms with Crippen molar-refractivity contribution in [3.05, 3.63) is 72.4 Å². The molecule has 4 rings (SSSR count). The summed E-state index contributed by atoms with van der Waals surface area (Å²) >= 11 is 1.53. The van der Waals surface area contributed by atoms with Crippen LogP contribution in [0.15, 0.2) is 66.9 Å². The van der Waals surface area contributed by atoms with Crippen molar-refractivity contribution in [2.75, 3.05) is 10.6 Å². The molecule has 26 heavy (non-hydrogen) atoms. The zero-order chi connectivity index (χ0) is 17.9. The molecule has 5 nitrogen and oxygen atoms in total. The van der Waals surface area contributed by atoms with Crippen LogP contribution in [0.25, 0.3) is 20.9 Å². The molecule has 4 aromatic rings. The van der Waals surface area contributed by atoms with Gasteiger partial charge in [-0.2, -0.15) is 0 Å². The van der Waals surface area contributed by atoms with E-state index in [2.05, 4.69) is 20.6 Å². The predicted molar refractivity (Wildman–Crippen MR) is 107 cm³/mol. The Hall–Kier alpha value is -3.25. The van der Waals surface area contributed by atoms with Gasteiger partial charge in [-0.25, -0.2) is 14.8 Å². The Labute approximate surface area is 154 Å². The van der Waals surface area contributed by atoms with Gasteiger partial charge < -0.3 is 10.6 Å². The van der Waals surface area contributed by atoms with E-state index in [1.54, 1.807) is 6.20 Å². The van der Waals surface area contributed by atoms with Gasteiger partial charge in [0.2, 0.25) is 0 Å². The molecule has 128 valence electrons. The first-order valence-electron chi connectivity index (χ1n) is 8.15. The maximum absolute atomic E-state index is 12.3. The molecule has 0 aliphatic carbocycles. The lowest BCUT2D eigenvalue weighted by atomic mass is 10.2. The van der Waals surface area contributed by atoms with Gasteiger partial charge in [-0.1, -0.05) is 41.7 Å². The number of hydrogen-bond donors (Lipinski definition) is 2. The molecule has 2 N–H and O–H groups in total. The molecule has 2 aromatic heterocycles. The molecule has 0 saturated heterocycles. The number of aryl methyl sites for hydroxylation is 1. The lowest BCUT2D eigenvalue weighted by molar-refractivity contribution is 0.262. The first-order chi connectivity index (χ1) is 12.7. The third kappa shape index (κ3) is 3.41. The number of nitrogens with zero attached hydrogens (tertiary/aromatic N) is 2. The van der Waals surface area contributed by atoms with Crippen LogP contribution in [-0.4, -0.2) is 16.0 Å². The Morgan fingerprint density at radius 2 is 1.88 bits per heavy atom. The third-order valence-electron chi connectivity index (χ3n) is 3.93. The molecule has 6 heteroatoms. The fraction of sp³-hybridized carbons (Fsp3) is 0.0500. The maximum Gasteiger partial charge on any atom is 0.323 e. The average molecular weight is 360 g/mol. The Bertz CT molecular complexity index is 1060. The van der Waals surface area contributed by atoms with Crippen LogP contribution in [0.1, 0.15) is 5.56 Å². The van der Waals surface area contributed by atoms with E-state index in [9.17, 15) is 4.79 Å². The summed E-state index contributed by atoms with van der Waals surface area (Å²) in [5.41, 5.74) is 4.34. The van der Waals surface area contributed by atoms with Gasteiger partial charge in [-0.3, -0.25) is 0 Å². The van der Waals surface area contributed by atoms with Gasteiger partial charge in [0.25, 0.3) is 0 Å². The third-order valence-corrected chi connectivity index (χ3v) is 4.96. The van der Waals surface area contributed by atoms with E-state index in [-0.39, 0.29) is 6.03 Å². The van der Waals surface area contributed by atoms with Gasteiger partial charge in [0.15, 0.2) is 0 Å². The summed E-state index contributed by atoms with van der Waals surface area (Å²) in [5.74, 6) is 0. The normalized spacial score (nSPS) is 10.7. The minimum Gasteiger partial charge on any atom is -0.308 e. The van der Waals surface area contributed by atoms with E-state index in [1.165, 1.54) is 11.3 Å². The smallest absolute Gasteiger partial charge is 0.308 e. The molecular formula is C20H16N4OS. The first-order valence-corrected chi connectivity index (χ1v) is 8.96. The van der Waals surface area contributed by atoms with Gasteiger partial charge in [-0.15, -0.1) is 0 Å². The van der Waals surface area contributed by atoms with Crippen LogP contribution in [-0.2, 0) is 0 Å². The fourth-order valence-corrected chi connectivity index (χ4v) is 3.52.